The molecule has 28 heavy (non-hydrogen) atoms. The Kier molecular flexibility index (Phi) is 5.46. The number of aryl methyl sites for hydroxylation is 2. The molecule has 0 spiro atoms. The molecule has 0 amide bonds. The van der Waals surface area contributed by atoms with Gasteiger partial charge >= 0.3 is 5.97 Å². The van der Waals surface area contributed by atoms with Gasteiger partial charge in [-0.05, 0) is 37.6 Å². The molecule has 0 saturated heterocycles. The number of ketones is 1. The second kappa shape index (κ2) is 7.81. The van der Waals surface area contributed by atoms with E-state index in [1.807, 2.05) is 0 Å². The molecule has 146 valence electrons. The Morgan fingerprint density at radius 3 is 2.54 bits per heavy atom. The van der Waals surface area contributed by atoms with Gasteiger partial charge in [-0.1, -0.05) is 0 Å². The van der Waals surface area contributed by atoms with Crippen molar-refractivity contribution in [2.75, 3.05) is 20.8 Å². The van der Waals surface area contributed by atoms with Crippen LogP contribution in [0.25, 0.3) is 10.2 Å². The van der Waals surface area contributed by atoms with Crippen LogP contribution in [0, 0.1) is 13.8 Å². The molecule has 3 aromatic rings. The molecular formula is C19H18N2O6S. The smallest absolute Gasteiger partial charge is 0.349 e. The van der Waals surface area contributed by atoms with E-state index in [1.54, 1.807) is 26.0 Å². The molecule has 0 fully saturated rings. The molecule has 2 heterocycles. The van der Waals surface area contributed by atoms with Crippen LogP contribution < -0.4 is 15.0 Å². The maximum Gasteiger partial charge on any atom is 0.349 e. The predicted molar refractivity (Wildman–Crippen MR) is 104 cm³/mol. The van der Waals surface area contributed by atoms with Gasteiger partial charge < -0.3 is 19.2 Å². The van der Waals surface area contributed by atoms with Crippen molar-refractivity contribution in [3.8, 4) is 11.5 Å². The number of methoxy groups -OCH3 is 2. The van der Waals surface area contributed by atoms with Gasteiger partial charge in [-0.25, -0.2) is 9.78 Å². The number of hydrogen-bond acceptors (Lipinski definition) is 8. The molecule has 0 aliphatic heterocycles. The number of nitrogens with one attached hydrogen (secondary N) is 1. The van der Waals surface area contributed by atoms with Crippen LogP contribution in [0.1, 0.15) is 31.4 Å². The number of aromatic amines is 1. The third-order valence-corrected chi connectivity index (χ3v) is 5.31. The largest absolute Gasteiger partial charge is 0.493 e. The molecule has 0 atom stereocenters. The highest BCUT2D eigenvalue weighted by Gasteiger charge is 2.21. The molecule has 0 bridgehead atoms. The number of benzene rings is 1. The lowest BCUT2D eigenvalue weighted by atomic mass is 10.1. The lowest BCUT2D eigenvalue weighted by molar-refractivity contribution is 0.0479. The summed E-state index contributed by atoms with van der Waals surface area (Å²) < 4.78 is 15.5. The summed E-state index contributed by atoms with van der Waals surface area (Å²) in [5.41, 5.74) is 0.501. The second-order valence-electron chi connectivity index (χ2n) is 5.96. The number of thiophene rings is 1. The summed E-state index contributed by atoms with van der Waals surface area (Å²) in [7, 11) is 2.96. The molecule has 3 rings (SSSR count). The Morgan fingerprint density at radius 1 is 1.14 bits per heavy atom. The quantitative estimate of drug-likeness (QED) is 0.499. The molecule has 0 unspecified atom stereocenters. The van der Waals surface area contributed by atoms with Gasteiger partial charge in [0.15, 0.2) is 23.9 Å². The molecular weight excluding hydrogens is 384 g/mol. The fraction of sp³-hybridized carbons (Fsp3) is 0.263. The van der Waals surface area contributed by atoms with Crippen molar-refractivity contribution in [3.05, 3.63) is 50.4 Å². The van der Waals surface area contributed by atoms with Crippen LogP contribution >= 0.6 is 11.3 Å². The van der Waals surface area contributed by atoms with Crippen LogP contribution in [0.3, 0.4) is 0 Å². The van der Waals surface area contributed by atoms with Crippen molar-refractivity contribution in [1.29, 1.82) is 0 Å². The molecule has 1 aromatic carbocycles. The third-order valence-electron chi connectivity index (χ3n) is 4.14. The van der Waals surface area contributed by atoms with Gasteiger partial charge in [0, 0.05) is 5.56 Å². The average molecular weight is 402 g/mol. The normalized spacial score (nSPS) is 10.7. The Bertz CT molecular complexity index is 1130. The van der Waals surface area contributed by atoms with Gasteiger partial charge in [-0.2, -0.15) is 0 Å². The maximum absolute atomic E-state index is 12.4. The van der Waals surface area contributed by atoms with E-state index in [0.717, 1.165) is 11.3 Å². The summed E-state index contributed by atoms with van der Waals surface area (Å²) >= 11 is 1.07. The molecule has 0 aliphatic rings. The van der Waals surface area contributed by atoms with Gasteiger partial charge in [0.2, 0.25) is 0 Å². The zero-order chi connectivity index (χ0) is 20.4. The second-order valence-corrected chi connectivity index (χ2v) is 6.96. The van der Waals surface area contributed by atoms with Crippen LogP contribution in [-0.4, -0.2) is 42.5 Å². The lowest BCUT2D eigenvalue weighted by Gasteiger charge is -2.09. The van der Waals surface area contributed by atoms with E-state index >= 15 is 0 Å². The predicted octanol–water partition coefficient (Wildman–Crippen LogP) is 2.66. The van der Waals surface area contributed by atoms with Gasteiger partial charge in [-0.15, -0.1) is 11.3 Å². The fourth-order valence-corrected chi connectivity index (χ4v) is 3.86. The minimum absolute atomic E-state index is 0.249. The molecule has 9 heteroatoms. The summed E-state index contributed by atoms with van der Waals surface area (Å²) in [5, 5.41) is 0.355. The van der Waals surface area contributed by atoms with E-state index in [0.29, 0.717) is 38.7 Å². The number of ether oxygens (including phenoxy) is 3. The van der Waals surface area contributed by atoms with E-state index in [-0.39, 0.29) is 16.2 Å². The third kappa shape index (κ3) is 3.61. The summed E-state index contributed by atoms with van der Waals surface area (Å²) in [6.45, 7) is 2.87. The monoisotopic (exact) mass is 402 g/mol. The number of carbonyl (C=O) groups is 2. The fourth-order valence-electron chi connectivity index (χ4n) is 2.74. The SMILES string of the molecule is COc1ccc(C(=O)COC(=O)c2sc3nc(C)[nH]c(=O)c3c2C)cc1OC. The minimum Gasteiger partial charge on any atom is -0.493 e. The van der Waals surface area contributed by atoms with Gasteiger partial charge in [0.25, 0.3) is 5.56 Å². The summed E-state index contributed by atoms with van der Waals surface area (Å²) in [5.74, 6) is 0.291. The van der Waals surface area contributed by atoms with E-state index in [4.69, 9.17) is 14.2 Å². The van der Waals surface area contributed by atoms with Crippen LogP contribution in [-0.2, 0) is 4.74 Å². The molecule has 2 aromatic heterocycles. The Hall–Kier alpha value is -3.20. The number of fused-ring (bicyclic) bond motifs is 1. The summed E-state index contributed by atoms with van der Waals surface area (Å²) in [6, 6.07) is 4.69. The van der Waals surface area contributed by atoms with Crippen LogP contribution in [0.15, 0.2) is 23.0 Å². The van der Waals surface area contributed by atoms with E-state index < -0.39 is 12.6 Å². The van der Waals surface area contributed by atoms with Gasteiger partial charge in [0.1, 0.15) is 15.5 Å². The van der Waals surface area contributed by atoms with Crippen molar-refractivity contribution in [1.82, 2.24) is 9.97 Å². The highest BCUT2D eigenvalue weighted by atomic mass is 32.1. The Labute approximate surface area is 164 Å². The zero-order valence-corrected chi connectivity index (χ0v) is 16.6. The van der Waals surface area contributed by atoms with Crippen molar-refractivity contribution < 1.29 is 23.8 Å². The number of H-pyrrole nitrogens is 1. The number of hydrogen-bond donors (Lipinski definition) is 1. The maximum atomic E-state index is 12.4. The van der Waals surface area contributed by atoms with E-state index in [9.17, 15) is 14.4 Å². The summed E-state index contributed by atoms with van der Waals surface area (Å²) in [6.07, 6.45) is 0. The topological polar surface area (TPSA) is 108 Å². The number of rotatable bonds is 6. The zero-order valence-electron chi connectivity index (χ0n) is 15.7. The Balaban J connectivity index is 1.78. The average Bonchev–Trinajstić information content (AvgIpc) is 3.01. The Morgan fingerprint density at radius 2 is 1.86 bits per heavy atom. The number of carbonyl (C=O) groups excluding carboxylic acids is 2. The molecule has 0 radical (unpaired) electrons. The van der Waals surface area contributed by atoms with Crippen LogP contribution in [0.2, 0.25) is 0 Å². The molecule has 8 nitrogen and oxygen atoms in total. The first-order valence-corrected chi connectivity index (χ1v) is 9.09. The molecule has 1 N–H and O–H groups in total. The number of aromatic nitrogens is 2. The number of nitrogens with zero attached hydrogens (tertiary/aromatic N) is 1. The van der Waals surface area contributed by atoms with Gasteiger partial charge in [0.05, 0.1) is 19.6 Å². The lowest BCUT2D eigenvalue weighted by Crippen LogP contribution is -2.14. The first-order chi connectivity index (χ1) is 13.3. The highest BCUT2D eigenvalue weighted by Crippen LogP contribution is 2.29. The van der Waals surface area contributed by atoms with Crippen molar-refractivity contribution in [2.24, 2.45) is 0 Å². The van der Waals surface area contributed by atoms with E-state index in [2.05, 4.69) is 9.97 Å². The van der Waals surface area contributed by atoms with Crippen LogP contribution in [0.4, 0.5) is 0 Å². The molecule has 0 saturated carbocycles. The van der Waals surface area contributed by atoms with Crippen molar-refractivity contribution in [2.45, 2.75) is 13.8 Å². The number of esters is 1. The van der Waals surface area contributed by atoms with Crippen molar-refractivity contribution in [3.63, 3.8) is 0 Å². The first kappa shape index (κ1) is 19.6. The number of Topliss-reactive ketones (excluding diaryl/α,β-unsaturated/α-hetero) is 1. The molecule has 0 aliphatic carbocycles. The standard InChI is InChI=1S/C19H18N2O6S/c1-9-15-17(23)20-10(2)21-18(15)28-16(9)19(24)27-8-12(22)11-5-6-13(25-3)14(7-11)26-4/h5-7H,8H2,1-4H3,(H,20,21,23). The van der Waals surface area contributed by atoms with E-state index in [1.165, 1.54) is 20.3 Å². The minimum atomic E-state index is -0.675. The van der Waals surface area contributed by atoms with Gasteiger partial charge in [-0.3, -0.25) is 9.59 Å². The highest BCUT2D eigenvalue weighted by molar-refractivity contribution is 7.20. The van der Waals surface area contributed by atoms with Crippen LogP contribution in [0.5, 0.6) is 11.5 Å². The van der Waals surface area contributed by atoms with Crippen molar-refractivity contribution >= 4 is 33.3 Å². The first-order valence-electron chi connectivity index (χ1n) is 8.28. The summed E-state index contributed by atoms with van der Waals surface area (Å²) in [4.78, 5) is 44.5.